The summed E-state index contributed by atoms with van der Waals surface area (Å²) in [5.41, 5.74) is 1.90. The molecule has 0 aliphatic heterocycles. The van der Waals surface area contributed by atoms with Gasteiger partial charge in [-0.1, -0.05) is 29.8 Å². The van der Waals surface area contributed by atoms with Gasteiger partial charge in [-0.2, -0.15) is 0 Å². The fraction of sp³-hybridized carbons (Fsp3) is 0.118. The maximum Gasteiger partial charge on any atom is 0.330 e. The van der Waals surface area contributed by atoms with Gasteiger partial charge in [-0.3, -0.25) is 0 Å². The molecule has 0 N–H and O–H groups in total. The second kappa shape index (κ2) is 8.01. The number of carbonyl (C=O) groups excluding carboxylic acids is 1. The lowest BCUT2D eigenvalue weighted by Gasteiger charge is -2.09. The second-order valence-electron chi connectivity index (χ2n) is 4.46. The highest BCUT2D eigenvalue weighted by Crippen LogP contribution is 2.27. The van der Waals surface area contributed by atoms with Crippen LogP contribution in [0.25, 0.3) is 6.08 Å². The van der Waals surface area contributed by atoms with Crippen LogP contribution >= 0.6 is 27.5 Å². The number of methoxy groups -OCH3 is 1. The van der Waals surface area contributed by atoms with Crippen LogP contribution in [0.2, 0.25) is 5.02 Å². The van der Waals surface area contributed by atoms with E-state index in [2.05, 4.69) is 20.7 Å². The molecule has 0 unspecified atom stereocenters. The van der Waals surface area contributed by atoms with Crippen molar-refractivity contribution in [3.05, 3.63) is 69.2 Å². The zero-order valence-electron chi connectivity index (χ0n) is 11.9. The van der Waals surface area contributed by atoms with Crippen molar-refractivity contribution >= 4 is 39.6 Å². The Hall–Kier alpha value is -1.78. The van der Waals surface area contributed by atoms with Crippen molar-refractivity contribution in [1.82, 2.24) is 0 Å². The van der Waals surface area contributed by atoms with Gasteiger partial charge in [-0.25, -0.2) is 4.79 Å². The maximum absolute atomic E-state index is 11.1. The van der Waals surface area contributed by atoms with Gasteiger partial charge in [-0.05, 0) is 57.4 Å². The summed E-state index contributed by atoms with van der Waals surface area (Å²) >= 11 is 9.31. The molecule has 0 spiro atoms. The molecular weight excluding hydrogens is 368 g/mol. The van der Waals surface area contributed by atoms with Crippen LogP contribution in [0.15, 0.2) is 53.0 Å². The lowest BCUT2D eigenvalue weighted by Crippen LogP contribution is -1.96. The molecule has 2 rings (SSSR count). The molecule has 0 heterocycles. The van der Waals surface area contributed by atoms with Crippen LogP contribution < -0.4 is 4.74 Å². The zero-order valence-corrected chi connectivity index (χ0v) is 14.2. The van der Waals surface area contributed by atoms with Crippen LogP contribution in [-0.4, -0.2) is 13.1 Å². The van der Waals surface area contributed by atoms with E-state index in [1.165, 1.54) is 13.2 Å². The van der Waals surface area contributed by atoms with Crippen LogP contribution in [0.4, 0.5) is 0 Å². The summed E-state index contributed by atoms with van der Waals surface area (Å²) in [6.07, 6.45) is 3.05. The molecule has 0 radical (unpaired) electrons. The topological polar surface area (TPSA) is 35.5 Å². The SMILES string of the molecule is COC(=O)/C=C/c1ccc(OCc2ccc(Cl)cc2)c(Br)c1. The minimum atomic E-state index is -0.390. The van der Waals surface area contributed by atoms with E-state index in [4.69, 9.17) is 16.3 Å². The third-order valence-electron chi connectivity index (χ3n) is 2.88. The van der Waals surface area contributed by atoms with Crippen LogP contribution in [0.5, 0.6) is 5.75 Å². The molecule has 0 amide bonds. The lowest BCUT2D eigenvalue weighted by molar-refractivity contribution is -0.134. The Morgan fingerprint density at radius 3 is 2.59 bits per heavy atom. The standard InChI is InChI=1S/C17H14BrClO3/c1-21-17(20)9-5-12-4-8-16(15(18)10-12)22-11-13-2-6-14(19)7-3-13/h2-10H,11H2,1H3/b9-5+. The molecule has 114 valence electrons. The van der Waals surface area contributed by atoms with Crippen molar-refractivity contribution in [3.63, 3.8) is 0 Å². The van der Waals surface area contributed by atoms with Gasteiger partial charge in [0.15, 0.2) is 0 Å². The molecule has 0 aliphatic rings. The van der Waals surface area contributed by atoms with E-state index in [0.29, 0.717) is 11.6 Å². The quantitative estimate of drug-likeness (QED) is 0.547. The molecule has 0 saturated heterocycles. The average Bonchev–Trinajstić information content (AvgIpc) is 2.53. The molecule has 0 bridgehead atoms. The molecule has 2 aromatic carbocycles. The normalized spacial score (nSPS) is 10.7. The van der Waals surface area contributed by atoms with Gasteiger partial charge in [0.2, 0.25) is 0 Å². The monoisotopic (exact) mass is 380 g/mol. The van der Waals surface area contributed by atoms with E-state index in [9.17, 15) is 4.79 Å². The number of halogens is 2. The van der Waals surface area contributed by atoms with Gasteiger partial charge in [0.05, 0.1) is 11.6 Å². The highest BCUT2D eigenvalue weighted by molar-refractivity contribution is 9.10. The van der Waals surface area contributed by atoms with Crippen molar-refractivity contribution in [3.8, 4) is 5.75 Å². The first-order chi connectivity index (χ1) is 10.6. The van der Waals surface area contributed by atoms with Crippen LogP contribution in [-0.2, 0) is 16.1 Å². The van der Waals surface area contributed by atoms with Gasteiger partial charge in [-0.15, -0.1) is 0 Å². The highest BCUT2D eigenvalue weighted by atomic mass is 79.9. The van der Waals surface area contributed by atoms with Crippen molar-refractivity contribution < 1.29 is 14.3 Å². The van der Waals surface area contributed by atoms with Gasteiger partial charge >= 0.3 is 5.97 Å². The molecule has 0 aromatic heterocycles. The summed E-state index contributed by atoms with van der Waals surface area (Å²) in [5.74, 6) is 0.337. The molecule has 0 saturated carbocycles. The van der Waals surface area contributed by atoms with Gasteiger partial charge < -0.3 is 9.47 Å². The summed E-state index contributed by atoms with van der Waals surface area (Å²) in [6.45, 7) is 0.452. The zero-order chi connectivity index (χ0) is 15.9. The van der Waals surface area contributed by atoms with E-state index in [1.807, 2.05) is 42.5 Å². The molecule has 3 nitrogen and oxygen atoms in total. The van der Waals surface area contributed by atoms with Gasteiger partial charge in [0.25, 0.3) is 0 Å². The molecule has 0 aliphatic carbocycles. The Morgan fingerprint density at radius 2 is 1.95 bits per heavy atom. The van der Waals surface area contributed by atoms with Crippen molar-refractivity contribution in [1.29, 1.82) is 0 Å². The number of ether oxygens (including phenoxy) is 2. The van der Waals surface area contributed by atoms with E-state index >= 15 is 0 Å². The number of carbonyl (C=O) groups is 1. The molecular formula is C17H14BrClO3. The Balaban J connectivity index is 2.02. The van der Waals surface area contributed by atoms with E-state index in [0.717, 1.165) is 21.3 Å². The number of hydrogen-bond acceptors (Lipinski definition) is 3. The highest BCUT2D eigenvalue weighted by Gasteiger charge is 2.03. The first-order valence-corrected chi connectivity index (χ1v) is 7.68. The van der Waals surface area contributed by atoms with E-state index in [1.54, 1.807) is 6.08 Å². The summed E-state index contributed by atoms with van der Waals surface area (Å²) in [6, 6.07) is 13.1. The van der Waals surface area contributed by atoms with Crippen LogP contribution in [0.1, 0.15) is 11.1 Å². The Bertz CT molecular complexity index is 681. The van der Waals surface area contributed by atoms with Crippen LogP contribution in [0, 0.1) is 0 Å². The summed E-state index contributed by atoms with van der Waals surface area (Å²) in [5, 5.41) is 0.701. The summed E-state index contributed by atoms with van der Waals surface area (Å²) in [7, 11) is 1.34. The predicted octanol–water partition coefficient (Wildman–Crippen LogP) is 4.87. The third kappa shape index (κ3) is 4.90. The van der Waals surface area contributed by atoms with Crippen molar-refractivity contribution in [2.75, 3.05) is 7.11 Å². The first-order valence-electron chi connectivity index (χ1n) is 6.51. The molecule has 2 aromatic rings. The number of esters is 1. The Labute approximate surface area is 142 Å². The first kappa shape index (κ1) is 16.6. The minimum Gasteiger partial charge on any atom is -0.488 e. The lowest BCUT2D eigenvalue weighted by atomic mass is 10.2. The predicted molar refractivity (Wildman–Crippen MR) is 91.0 cm³/mol. The summed E-state index contributed by atoms with van der Waals surface area (Å²) < 4.78 is 11.1. The second-order valence-corrected chi connectivity index (χ2v) is 5.75. The maximum atomic E-state index is 11.1. The van der Waals surface area contributed by atoms with E-state index in [-0.39, 0.29) is 5.97 Å². The Kier molecular flexibility index (Phi) is 6.04. The third-order valence-corrected chi connectivity index (χ3v) is 3.75. The molecule has 0 fully saturated rings. The van der Waals surface area contributed by atoms with Crippen LogP contribution in [0.3, 0.4) is 0 Å². The van der Waals surface area contributed by atoms with Crippen molar-refractivity contribution in [2.45, 2.75) is 6.61 Å². The van der Waals surface area contributed by atoms with Gasteiger partial charge in [0.1, 0.15) is 12.4 Å². The summed E-state index contributed by atoms with van der Waals surface area (Å²) in [4.78, 5) is 11.1. The average molecular weight is 382 g/mol. The van der Waals surface area contributed by atoms with Gasteiger partial charge in [0, 0.05) is 11.1 Å². The largest absolute Gasteiger partial charge is 0.488 e. The smallest absolute Gasteiger partial charge is 0.330 e. The Morgan fingerprint density at radius 1 is 1.23 bits per heavy atom. The van der Waals surface area contributed by atoms with E-state index < -0.39 is 0 Å². The fourth-order valence-electron chi connectivity index (χ4n) is 1.71. The van der Waals surface area contributed by atoms with Crippen molar-refractivity contribution in [2.24, 2.45) is 0 Å². The molecule has 22 heavy (non-hydrogen) atoms. The molecule has 5 heteroatoms. The number of rotatable bonds is 5. The number of benzene rings is 2. The minimum absolute atomic E-state index is 0.390. The number of hydrogen-bond donors (Lipinski definition) is 0. The fourth-order valence-corrected chi connectivity index (χ4v) is 2.35. The molecule has 0 atom stereocenters.